The number of nitrogens with zero attached hydrogens (tertiary/aromatic N) is 1. The number of carbonyl (C=O) groups is 1. The monoisotopic (exact) mass is 339 g/mol. The minimum absolute atomic E-state index is 0.211. The molecular weight excluding hydrogens is 329 g/mol. The van der Waals surface area contributed by atoms with Gasteiger partial charge in [-0.1, -0.05) is 0 Å². The van der Waals surface area contributed by atoms with E-state index in [1.807, 2.05) is 0 Å². The summed E-state index contributed by atoms with van der Waals surface area (Å²) >= 11 is 3.23. The molecule has 0 aliphatic rings. The lowest BCUT2D eigenvalue weighted by atomic mass is 10.2. The van der Waals surface area contributed by atoms with Crippen LogP contribution in [-0.2, 0) is 4.74 Å². The van der Waals surface area contributed by atoms with Gasteiger partial charge >= 0.3 is 5.97 Å². The highest BCUT2D eigenvalue weighted by Gasteiger charge is 2.12. The van der Waals surface area contributed by atoms with Crippen LogP contribution in [-0.4, -0.2) is 18.1 Å². The maximum Gasteiger partial charge on any atom is 0.340 e. The summed E-state index contributed by atoms with van der Waals surface area (Å²) in [6, 6.07) is 5.65. The van der Waals surface area contributed by atoms with E-state index in [1.165, 1.54) is 31.5 Å². The van der Waals surface area contributed by atoms with Gasteiger partial charge in [-0.3, -0.25) is 0 Å². The minimum Gasteiger partial charge on any atom is -0.465 e. The Kier molecular flexibility index (Phi) is 4.19. The van der Waals surface area contributed by atoms with E-state index in [2.05, 4.69) is 31.0 Å². The van der Waals surface area contributed by atoms with Gasteiger partial charge in [0.25, 0.3) is 0 Å². The second-order valence-electron chi connectivity index (χ2n) is 3.90. The number of esters is 1. The van der Waals surface area contributed by atoms with Crippen molar-refractivity contribution in [1.29, 1.82) is 0 Å². The summed E-state index contributed by atoms with van der Waals surface area (Å²) in [5.74, 6) is -0.513. The molecule has 7 heteroatoms. The van der Waals surface area contributed by atoms with Crippen LogP contribution >= 0.6 is 15.9 Å². The van der Waals surface area contributed by atoms with Crippen molar-refractivity contribution in [2.75, 3.05) is 18.2 Å². The quantitative estimate of drug-likeness (QED) is 0.840. The molecule has 0 saturated heterocycles. The molecular formula is C13H11BrFN3O2. The number of nitrogen functional groups attached to an aromatic ring is 1. The second-order valence-corrected chi connectivity index (χ2v) is 4.75. The summed E-state index contributed by atoms with van der Waals surface area (Å²) in [6.45, 7) is 0. The number of pyridine rings is 1. The third-order valence-electron chi connectivity index (χ3n) is 2.53. The lowest BCUT2D eigenvalue weighted by molar-refractivity contribution is 0.0602. The topological polar surface area (TPSA) is 77.2 Å². The average Bonchev–Trinajstić information content (AvgIpc) is 2.43. The van der Waals surface area contributed by atoms with Gasteiger partial charge in [-0.05, 0) is 40.2 Å². The van der Waals surface area contributed by atoms with Gasteiger partial charge in [-0.25, -0.2) is 14.2 Å². The number of halogens is 2. The van der Waals surface area contributed by atoms with Crippen LogP contribution in [0.25, 0.3) is 0 Å². The summed E-state index contributed by atoms with van der Waals surface area (Å²) in [5.41, 5.74) is 6.70. The van der Waals surface area contributed by atoms with Gasteiger partial charge < -0.3 is 15.8 Å². The lowest BCUT2D eigenvalue weighted by Gasteiger charge is -2.10. The molecule has 0 aliphatic carbocycles. The third kappa shape index (κ3) is 3.05. The Morgan fingerprint density at radius 1 is 1.45 bits per heavy atom. The van der Waals surface area contributed by atoms with Crippen LogP contribution in [0.15, 0.2) is 34.9 Å². The Labute approximate surface area is 123 Å². The van der Waals surface area contributed by atoms with E-state index in [0.717, 1.165) is 0 Å². The van der Waals surface area contributed by atoms with Gasteiger partial charge in [0.15, 0.2) is 0 Å². The maximum absolute atomic E-state index is 13.0. The van der Waals surface area contributed by atoms with Crippen LogP contribution in [0, 0.1) is 5.82 Å². The highest BCUT2D eigenvalue weighted by atomic mass is 79.9. The van der Waals surface area contributed by atoms with Gasteiger partial charge in [-0.15, -0.1) is 0 Å². The Balaban J connectivity index is 2.32. The van der Waals surface area contributed by atoms with Crippen molar-refractivity contribution in [1.82, 2.24) is 4.98 Å². The fraction of sp³-hybridized carbons (Fsp3) is 0.0769. The predicted octanol–water partition coefficient (Wildman–Crippen LogP) is 3.10. The van der Waals surface area contributed by atoms with Crippen LogP contribution in [0.4, 0.5) is 21.6 Å². The third-order valence-corrected chi connectivity index (χ3v) is 3.19. The molecule has 0 amide bonds. The number of nitrogens with two attached hydrogens (primary N) is 1. The van der Waals surface area contributed by atoms with Crippen LogP contribution in [0.5, 0.6) is 0 Å². The number of hydrogen-bond donors (Lipinski definition) is 2. The Morgan fingerprint density at radius 2 is 2.20 bits per heavy atom. The van der Waals surface area contributed by atoms with Crippen LogP contribution in [0.3, 0.4) is 0 Å². The molecule has 0 unspecified atom stereocenters. The first-order chi connectivity index (χ1) is 9.51. The molecule has 1 aromatic carbocycles. The number of anilines is 3. The SMILES string of the molecule is COC(=O)c1cc(Nc2ccc(F)cc2Br)ncc1N. The smallest absolute Gasteiger partial charge is 0.340 e. The molecule has 104 valence electrons. The summed E-state index contributed by atoms with van der Waals surface area (Å²) in [7, 11) is 1.27. The predicted molar refractivity (Wildman–Crippen MR) is 77.4 cm³/mol. The molecule has 0 saturated carbocycles. The number of methoxy groups -OCH3 is 1. The lowest BCUT2D eigenvalue weighted by Crippen LogP contribution is -2.07. The number of aromatic nitrogens is 1. The normalized spacial score (nSPS) is 10.2. The van der Waals surface area contributed by atoms with Crippen LogP contribution < -0.4 is 11.1 Å². The molecule has 1 aromatic heterocycles. The van der Waals surface area contributed by atoms with E-state index in [9.17, 15) is 9.18 Å². The Hall–Kier alpha value is -2.15. The number of rotatable bonds is 3. The number of carbonyl (C=O) groups excluding carboxylic acids is 1. The van der Waals surface area contributed by atoms with Crippen molar-refractivity contribution >= 4 is 39.1 Å². The molecule has 0 spiro atoms. The first-order valence-electron chi connectivity index (χ1n) is 5.57. The van der Waals surface area contributed by atoms with Gasteiger partial charge in [0.1, 0.15) is 11.6 Å². The molecule has 0 atom stereocenters. The molecule has 0 fully saturated rings. The van der Waals surface area contributed by atoms with Gasteiger partial charge in [-0.2, -0.15) is 0 Å². The Bertz CT molecular complexity index is 664. The van der Waals surface area contributed by atoms with E-state index in [1.54, 1.807) is 6.07 Å². The molecule has 3 N–H and O–H groups in total. The number of hydrogen-bond acceptors (Lipinski definition) is 5. The van der Waals surface area contributed by atoms with Crippen LogP contribution in [0.1, 0.15) is 10.4 Å². The van der Waals surface area contributed by atoms with Crippen molar-refractivity contribution in [2.45, 2.75) is 0 Å². The van der Waals surface area contributed by atoms with Crippen molar-refractivity contribution in [3.05, 3.63) is 46.3 Å². The van der Waals surface area contributed by atoms with Crippen molar-refractivity contribution < 1.29 is 13.9 Å². The first kappa shape index (κ1) is 14.3. The summed E-state index contributed by atoms with van der Waals surface area (Å²) in [4.78, 5) is 15.6. The molecule has 0 radical (unpaired) electrons. The zero-order chi connectivity index (χ0) is 14.7. The fourth-order valence-electron chi connectivity index (χ4n) is 1.55. The standard InChI is InChI=1S/C13H11BrFN3O2/c1-20-13(19)8-5-12(17-6-10(8)16)18-11-3-2-7(15)4-9(11)14/h2-6H,16H2,1H3,(H,17,18). The number of benzene rings is 1. The molecule has 2 rings (SSSR count). The van der Waals surface area contributed by atoms with Crippen LogP contribution in [0.2, 0.25) is 0 Å². The van der Waals surface area contributed by atoms with Gasteiger partial charge in [0.2, 0.25) is 0 Å². The zero-order valence-corrected chi connectivity index (χ0v) is 12.1. The second kappa shape index (κ2) is 5.87. The molecule has 1 heterocycles. The summed E-state index contributed by atoms with van der Waals surface area (Å²) < 4.78 is 18.2. The highest BCUT2D eigenvalue weighted by Crippen LogP contribution is 2.27. The van der Waals surface area contributed by atoms with E-state index in [0.29, 0.717) is 16.0 Å². The van der Waals surface area contributed by atoms with E-state index in [-0.39, 0.29) is 17.1 Å². The molecule has 20 heavy (non-hydrogen) atoms. The first-order valence-corrected chi connectivity index (χ1v) is 6.36. The summed E-state index contributed by atoms with van der Waals surface area (Å²) in [6.07, 6.45) is 1.35. The van der Waals surface area contributed by atoms with E-state index >= 15 is 0 Å². The van der Waals surface area contributed by atoms with Gasteiger partial charge in [0, 0.05) is 4.47 Å². The highest BCUT2D eigenvalue weighted by molar-refractivity contribution is 9.10. The van der Waals surface area contributed by atoms with Crippen molar-refractivity contribution in [3.63, 3.8) is 0 Å². The number of nitrogens with one attached hydrogen (secondary N) is 1. The molecule has 2 aromatic rings. The molecule has 0 bridgehead atoms. The minimum atomic E-state index is -0.550. The molecule has 5 nitrogen and oxygen atoms in total. The fourth-order valence-corrected chi connectivity index (χ4v) is 2.00. The molecule has 0 aliphatic heterocycles. The zero-order valence-electron chi connectivity index (χ0n) is 10.5. The summed E-state index contributed by atoms with van der Waals surface area (Å²) in [5, 5.41) is 2.96. The van der Waals surface area contributed by atoms with Crippen molar-refractivity contribution in [2.24, 2.45) is 0 Å². The van der Waals surface area contributed by atoms with E-state index < -0.39 is 5.97 Å². The largest absolute Gasteiger partial charge is 0.465 e. The Morgan fingerprint density at radius 3 is 2.85 bits per heavy atom. The average molecular weight is 340 g/mol. The van der Waals surface area contributed by atoms with E-state index in [4.69, 9.17) is 5.73 Å². The number of ether oxygens (including phenoxy) is 1. The van der Waals surface area contributed by atoms with Crippen molar-refractivity contribution in [3.8, 4) is 0 Å². The van der Waals surface area contributed by atoms with Gasteiger partial charge in [0.05, 0.1) is 30.2 Å². The maximum atomic E-state index is 13.0.